The summed E-state index contributed by atoms with van der Waals surface area (Å²) < 4.78 is 29.9. The molecule has 1 N–H and O–H groups in total. The molecule has 0 radical (unpaired) electrons. The van der Waals surface area contributed by atoms with Crippen molar-refractivity contribution < 1.29 is 13.2 Å². The zero-order chi connectivity index (χ0) is 29.4. The minimum Gasteiger partial charge on any atom is -0.319 e. The quantitative estimate of drug-likeness (QED) is 0.261. The molecule has 0 aliphatic heterocycles. The van der Waals surface area contributed by atoms with Gasteiger partial charge in [-0.05, 0) is 43.2 Å². The van der Waals surface area contributed by atoms with Gasteiger partial charge in [-0.3, -0.25) is 4.79 Å². The van der Waals surface area contributed by atoms with E-state index in [2.05, 4.69) is 24.2 Å². The summed E-state index contributed by atoms with van der Waals surface area (Å²) in [7, 11) is -4.02. The predicted octanol–water partition coefficient (Wildman–Crippen LogP) is 5.73. The summed E-state index contributed by atoms with van der Waals surface area (Å²) in [5, 5.41) is 0. The van der Waals surface area contributed by atoms with Crippen molar-refractivity contribution in [1.29, 1.82) is 0 Å². The van der Waals surface area contributed by atoms with Crippen LogP contribution >= 0.6 is 0 Å². The number of imidazole rings is 1. The molecule has 0 unspecified atom stereocenters. The third kappa shape index (κ3) is 5.23. The summed E-state index contributed by atoms with van der Waals surface area (Å²) in [5.41, 5.74) is 4.11. The molecule has 214 valence electrons. The molecular weight excluding hydrogens is 562 g/mol. The van der Waals surface area contributed by atoms with Crippen LogP contribution in [-0.2, 0) is 10.0 Å². The second kappa shape index (κ2) is 11.0. The zero-order valence-corrected chi connectivity index (χ0v) is 23.9. The largest absolute Gasteiger partial charge is 0.319 e. The van der Waals surface area contributed by atoms with E-state index in [4.69, 9.17) is 9.97 Å². The third-order valence-electron chi connectivity index (χ3n) is 7.73. The van der Waals surface area contributed by atoms with Gasteiger partial charge in [0.25, 0.3) is 15.9 Å². The lowest BCUT2D eigenvalue weighted by Crippen LogP contribution is -2.30. The highest BCUT2D eigenvalue weighted by molar-refractivity contribution is 7.90. The van der Waals surface area contributed by atoms with Crippen molar-refractivity contribution >= 4 is 38.1 Å². The van der Waals surface area contributed by atoms with E-state index in [9.17, 15) is 13.2 Å². The van der Waals surface area contributed by atoms with Crippen LogP contribution in [0.1, 0.15) is 48.5 Å². The molecule has 1 aliphatic carbocycles. The van der Waals surface area contributed by atoms with E-state index in [0.29, 0.717) is 34.0 Å². The average Bonchev–Trinajstić information content (AvgIpc) is 3.44. The summed E-state index contributed by atoms with van der Waals surface area (Å²) in [6.07, 6.45) is 8.76. The topological polar surface area (TPSA) is 133 Å². The molecule has 43 heavy (non-hydrogen) atoms. The minimum atomic E-state index is -4.02. The molecule has 6 aromatic rings. The summed E-state index contributed by atoms with van der Waals surface area (Å²) >= 11 is 0. The van der Waals surface area contributed by atoms with Crippen LogP contribution in [0.15, 0.2) is 96.2 Å². The molecule has 3 aromatic carbocycles. The van der Waals surface area contributed by atoms with Crippen LogP contribution in [0.4, 0.5) is 0 Å². The Bertz CT molecular complexity index is 2080. The number of rotatable bonds is 6. The van der Waals surface area contributed by atoms with Gasteiger partial charge in [0.1, 0.15) is 11.2 Å². The molecule has 0 spiro atoms. The monoisotopic (exact) mass is 589 g/mol. The van der Waals surface area contributed by atoms with Crippen molar-refractivity contribution in [2.45, 2.75) is 43.0 Å². The molecule has 7 rings (SSSR count). The predicted molar refractivity (Wildman–Crippen MR) is 163 cm³/mol. The van der Waals surface area contributed by atoms with Crippen molar-refractivity contribution in [2.75, 3.05) is 0 Å². The van der Waals surface area contributed by atoms with Gasteiger partial charge in [0.2, 0.25) is 0 Å². The SMILES string of the molecule is O=C(NS(=O)(=O)c1ccccc1)c1ccc2c(c1)nc(-c1cnc3nc(-c4ccccc4)ncc3n1)n2C1CCCCC1. The van der Waals surface area contributed by atoms with Gasteiger partial charge in [0.05, 0.1) is 28.3 Å². The van der Waals surface area contributed by atoms with Crippen molar-refractivity contribution in [3.63, 3.8) is 0 Å². The lowest BCUT2D eigenvalue weighted by molar-refractivity contribution is 0.0981. The van der Waals surface area contributed by atoms with E-state index in [0.717, 1.165) is 36.8 Å². The number of fused-ring (bicyclic) bond motifs is 2. The third-order valence-corrected chi connectivity index (χ3v) is 9.08. The Morgan fingerprint density at radius 1 is 0.791 bits per heavy atom. The van der Waals surface area contributed by atoms with Gasteiger partial charge in [0, 0.05) is 17.2 Å². The maximum atomic E-state index is 13.1. The Morgan fingerprint density at radius 2 is 1.53 bits per heavy atom. The summed E-state index contributed by atoms with van der Waals surface area (Å²) in [5.74, 6) is 0.485. The maximum absolute atomic E-state index is 13.1. The lowest BCUT2D eigenvalue weighted by Gasteiger charge is -2.25. The lowest BCUT2D eigenvalue weighted by atomic mass is 9.95. The van der Waals surface area contributed by atoms with Crippen molar-refractivity contribution in [2.24, 2.45) is 0 Å². The highest BCUT2D eigenvalue weighted by Crippen LogP contribution is 2.36. The average molecular weight is 590 g/mol. The van der Waals surface area contributed by atoms with E-state index in [1.807, 2.05) is 36.4 Å². The van der Waals surface area contributed by atoms with Crippen LogP contribution in [0.3, 0.4) is 0 Å². The first-order chi connectivity index (χ1) is 21.0. The fourth-order valence-corrected chi connectivity index (χ4v) is 6.62. The van der Waals surface area contributed by atoms with E-state index in [-0.39, 0.29) is 16.5 Å². The number of aromatic nitrogens is 6. The number of nitrogens with zero attached hydrogens (tertiary/aromatic N) is 6. The molecule has 10 nitrogen and oxygen atoms in total. The standard InChI is InChI=1S/C32H27N7O3S/c40-32(38-43(41,42)24-14-8-3-9-15-24)22-16-17-28-25(18-22)36-31(39(28)23-12-6-2-7-13-23)27-20-34-30-26(35-27)19-33-29(37-30)21-10-4-1-5-11-21/h1,3-5,8-11,14-20,23H,2,6-7,12-13H2,(H,38,40). The minimum absolute atomic E-state index is 0.0167. The van der Waals surface area contributed by atoms with Gasteiger partial charge >= 0.3 is 0 Å². The summed E-state index contributed by atoms with van der Waals surface area (Å²) in [6.45, 7) is 0. The van der Waals surface area contributed by atoms with E-state index < -0.39 is 15.9 Å². The number of carbonyl (C=O) groups is 1. The number of benzene rings is 3. The van der Waals surface area contributed by atoms with E-state index in [1.165, 1.54) is 18.6 Å². The van der Waals surface area contributed by atoms with Crippen LogP contribution in [-0.4, -0.2) is 43.8 Å². The molecule has 1 amide bonds. The Balaban J connectivity index is 1.28. The van der Waals surface area contributed by atoms with Crippen molar-refractivity contribution in [1.82, 2.24) is 34.2 Å². The Morgan fingerprint density at radius 3 is 2.30 bits per heavy atom. The van der Waals surface area contributed by atoms with Crippen LogP contribution < -0.4 is 4.72 Å². The number of sulfonamides is 1. The number of carbonyl (C=O) groups excluding carboxylic acids is 1. The van der Waals surface area contributed by atoms with Crippen LogP contribution in [0.5, 0.6) is 0 Å². The summed E-state index contributed by atoms with van der Waals surface area (Å²) in [6, 6.07) is 22.8. The number of nitrogens with one attached hydrogen (secondary N) is 1. The molecular formula is C32H27N7O3S. The molecule has 1 saturated carbocycles. The first-order valence-corrected chi connectivity index (χ1v) is 15.6. The molecule has 3 aromatic heterocycles. The first kappa shape index (κ1) is 26.8. The Labute approximate surface area is 248 Å². The van der Waals surface area contributed by atoms with E-state index >= 15 is 0 Å². The molecule has 0 saturated heterocycles. The van der Waals surface area contributed by atoms with Crippen molar-refractivity contribution in [3.05, 3.63) is 96.8 Å². The fraction of sp³-hybridized carbons (Fsp3) is 0.188. The number of hydrogen-bond acceptors (Lipinski definition) is 8. The molecule has 0 atom stereocenters. The van der Waals surface area contributed by atoms with Crippen molar-refractivity contribution in [3.8, 4) is 22.9 Å². The van der Waals surface area contributed by atoms with Crippen LogP contribution in [0, 0.1) is 0 Å². The molecule has 11 heteroatoms. The highest BCUT2D eigenvalue weighted by Gasteiger charge is 2.25. The first-order valence-electron chi connectivity index (χ1n) is 14.2. The van der Waals surface area contributed by atoms with Gasteiger partial charge in [0.15, 0.2) is 17.3 Å². The molecule has 0 bridgehead atoms. The Hall–Kier alpha value is -5.03. The summed E-state index contributed by atoms with van der Waals surface area (Å²) in [4.78, 5) is 36.6. The maximum Gasteiger partial charge on any atom is 0.265 e. The normalized spacial score (nSPS) is 14.2. The molecule has 1 fully saturated rings. The second-order valence-electron chi connectivity index (χ2n) is 10.6. The fourth-order valence-electron chi connectivity index (χ4n) is 5.62. The highest BCUT2D eigenvalue weighted by atomic mass is 32.2. The van der Waals surface area contributed by atoms with Gasteiger partial charge in [-0.1, -0.05) is 67.8 Å². The van der Waals surface area contributed by atoms with Gasteiger partial charge in [-0.25, -0.2) is 38.1 Å². The molecule has 1 aliphatic rings. The van der Waals surface area contributed by atoms with Gasteiger partial charge < -0.3 is 4.57 Å². The van der Waals surface area contributed by atoms with E-state index in [1.54, 1.807) is 42.7 Å². The Kier molecular flexibility index (Phi) is 6.86. The van der Waals surface area contributed by atoms with Crippen LogP contribution in [0.25, 0.3) is 45.1 Å². The van der Waals surface area contributed by atoms with Gasteiger partial charge in [-0.15, -0.1) is 0 Å². The number of hydrogen-bond donors (Lipinski definition) is 1. The zero-order valence-electron chi connectivity index (χ0n) is 23.1. The molecule has 3 heterocycles. The van der Waals surface area contributed by atoms with Gasteiger partial charge in [-0.2, -0.15) is 0 Å². The van der Waals surface area contributed by atoms with Crippen LogP contribution in [0.2, 0.25) is 0 Å². The smallest absolute Gasteiger partial charge is 0.265 e. The number of amides is 1. The second-order valence-corrected chi connectivity index (χ2v) is 12.3.